The Bertz CT molecular complexity index is 1490. The Morgan fingerprint density at radius 3 is 2.39 bits per heavy atom. The molecule has 0 bridgehead atoms. The summed E-state index contributed by atoms with van der Waals surface area (Å²) in [7, 11) is -3.51. The summed E-state index contributed by atoms with van der Waals surface area (Å²) >= 11 is 0. The van der Waals surface area contributed by atoms with Crippen LogP contribution in [0.4, 0.5) is 11.5 Å². The van der Waals surface area contributed by atoms with Crippen molar-refractivity contribution in [1.29, 1.82) is 0 Å². The van der Waals surface area contributed by atoms with Crippen LogP contribution >= 0.6 is 0 Å². The highest BCUT2D eigenvalue weighted by Gasteiger charge is 2.34. The van der Waals surface area contributed by atoms with Crippen molar-refractivity contribution in [2.24, 2.45) is 0 Å². The molecular formula is C29H37N7O4S. The lowest BCUT2D eigenvalue weighted by Crippen LogP contribution is -2.50. The minimum Gasteiger partial charge on any atom is -0.378 e. The largest absolute Gasteiger partial charge is 0.378 e. The molecule has 1 amide bonds. The third kappa shape index (κ3) is 5.95. The highest BCUT2D eigenvalue weighted by Crippen LogP contribution is 2.30. The predicted molar refractivity (Wildman–Crippen MR) is 159 cm³/mol. The van der Waals surface area contributed by atoms with Crippen LogP contribution in [-0.4, -0.2) is 103 Å². The number of carbonyl (C=O) groups excluding carboxylic acids is 1. The average Bonchev–Trinajstić information content (AvgIpc) is 3.46. The quantitative estimate of drug-likeness (QED) is 0.410. The Morgan fingerprint density at radius 2 is 1.71 bits per heavy atom. The van der Waals surface area contributed by atoms with Crippen molar-refractivity contribution < 1.29 is 17.9 Å². The number of morpholine rings is 1. The van der Waals surface area contributed by atoms with Gasteiger partial charge < -0.3 is 24.4 Å². The molecule has 2 aromatic heterocycles. The Labute approximate surface area is 240 Å². The monoisotopic (exact) mass is 579 g/mol. The molecule has 0 radical (unpaired) electrons. The fourth-order valence-electron chi connectivity index (χ4n) is 6.21. The number of sulfonamides is 1. The molecule has 3 aliphatic heterocycles. The van der Waals surface area contributed by atoms with Crippen molar-refractivity contribution in [3.8, 4) is 11.3 Å². The van der Waals surface area contributed by atoms with Gasteiger partial charge in [0.05, 0.1) is 23.8 Å². The number of benzene rings is 1. The Kier molecular flexibility index (Phi) is 7.96. The van der Waals surface area contributed by atoms with E-state index in [0.29, 0.717) is 37.8 Å². The number of likely N-dealkylation sites (tertiary alicyclic amines) is 2. The molecule has 0 atom stereocenters. The molecule has 218 valence electrons. The minimum atomic E-state index is -3.51. The number of hydrogen-bond donors (Lipinski definition) is 2. The van der Waals surface area contributed by atoms with Crippen LogP contribution in [0, 0.1) is 0 Å². The molecule has 6 rings (SSSR count). The van der Waals surface area contributed by atoms with Gasteiger partial charge in [-0.1, -0.05) is 18.7 Å². The van der Waals surface area contributed by atoms with E-state index < -0.39 is 15.3 Å². The summed E-state index contributed by atoms with van der Waals surface area (Å²) in [5, 5.41) is 0.531. The normalized spacial score (nSPS) is 19.9. The van der Waals surface area contributed by atoms with Crippen molar-refractivity contribution in [2.45, 2.75) is 37.0 Å². The predicted octanol–water partition coefficient (Wildman–Crippen LogP) is 2.84. The molecule has 41 heavy (non-hydrogen) atoms. The van der Waals surface area contributed by atoms with Crippen molar-refractivity contribution in [3.05, 3.63) is 49.3 Å². The number of nitrogens with one attached hydrogen (secondary N) is 2. The van der Waals surface area contributed by atoms with E-state index in [1.54, 1.807) is 18.5 Å². The number of aromatic amines is 1. The molecule has 3 aromatic rings. The van der Waals surface area contributed by atoms with E-state index in [-0.39, 0.29) is 5.91 Å². The van der Waals surface area contributed by atoms with E-state index in [2.05, 4.69) is 36.1 Å². The highest BCUT2D eigenvalue weighted by molar-refractivity contribution is 7.93. The summed E-state index contributed by atoms with van der Waals surface area (Å²) in [6.07, 6.45) is 5.97. The van der Waals surface area contributed by atoms with Crippen molar-refractivity contribution in [1.82, 2.24) is 24.8 Å². The van der Waals surface area contributed by atoms with E-state index in [9.17, 15) is 13.2 Å². The number of nitrogens with zero attached hydrogens (tertiary/aromatic N) is 5. The van der Waals surface area contributed by atoms with Gasteiger partial charge in [0.15, 0.2) is 0 Å². The summed E-state index contributed by atoms with van der Waals surface area (Å²) in [6, 6.07) is 9.88. The van der Waals surface area contributed by atoms with Crippen LogP contribution in [-0.2, 0) is 19.6 Å². The van der Waals surface area contributed by atoms with Crippen molar-refractivity contribution in [3.63, 3.8) is 0 Å². The molecule has 3 fully saturated rings. The lowest BCUT2D eigenvalue weighted by molar-refractivity contribution is -0.127. The van der Waals surface area contributed by atoms with Gasteiger partial charge in [-0.05, 0) is 68.6 Å². The first-order valence-electron chi connectivity index (χ1n) is 14.3. The fourth-order valence-corrected chi connectivity index (χ4v) is 7.67. The number of amides is 1. The van der Waals surface area contributed by atoms with Gasteiger partial charge >= 0.3 is 0 Å². The smallest absolute Gasteiger partial charge is 0.245 e. The molecule has 3 saturated heterocycles. The number of piperidine rings is 2. The van der Waals surface area contributed by atoms with E-state index in [1.165, 1.54) is 6.08 Å². The molecule has 11 nitrogen and oxygen atoms in total. The van der Waals surface area contributed by atoms with Gasteiger partial charge in [-0.3, -0.25) is 9.52 Å². The van der Waals surface area contributed by atoms with Crippen molar-refractivity contribution in [2.75, 3.05) is 62.1 Å². The summed E-state index contributed by atoms with van der Waals surface area (Å²) in [5.41, 5.74) is 3.16. The zero-order chi connectivity index (χ0) is 28.4. The summed E-state index contributed by atoms with van der Waals surface area (Å²) in [4.78, 5) is 30.6. The van der Waals surface area contributed by atoms with Gasteiger partial charge in [0.1, 0.15) is 17.8 Å². The number of carbonyl (C=O) groups is 1. The second-order valence-electron chi connectivity index (χ2n) is 11.0. The standard InChI is InChI=1S/C29H37N7O4S/c1-2-27(37)35-11-7-23(8-12-35)34-13-9-24(10-14-34)41(38,39)33-22-5-3-21(4-6-22)26-19-25-28(32-26)30-20-31-29(25)36-15-17-40-18-16-36/h2-6,19-20,23-24,33H,1,7-18H2,(H,30,31,32). The Morgan fingerprint density at radius 1 is 1.00 bits per heavy atom. The zero-order valence-corrected chi connectivity index (χ0v) is 24.0. The topological polar surface area (TPSA) is 124 Å². The third-order valence-corrected chi connectivity index (χ3v) is 10.4. The average molecular weight is 580 g/mol. The number of aromatic nitrogens is 3. The molecule has 2 N–H and O–H groups in total. The summed E-state index contributed by atoms with van der Waals surface area (Å²) in [5.74, 6) is 0.880. The Hall–Kier alpha value is -3.48. The first-order chi connectivity index (χ1) is 19.9. The van der Waals surface area contributed by atoms with E-state index >= 15 is 0 Å². The van der Waals surface area contributed by atoms with Crippen LogP contribution in [0.1, 0.15) is 25.7 Å². The molecular weight excluding hydrogens is 542 g/mol. The van der Waals surface area contributed by atoms with Crippen molar-refractivity contribution >= 4 is 38.5 Å². The molecule has 3 aliphatic rings. The number of ether oxygens (including phenoxy) is 1. The number of H-pyrrole nitrogens is 1. The SMILES string of the molecule is C=CC(=O)N1CCC(N2CCC(S(=O)(=O)Nc3ccc(-c4cc5c(N6CCOCC6)ncnc5[nH]4)cc3)CC2)CC1. The second-order valence-corrected chi connectivity index (χ2v) is 12.9. The first kappa shape index (κ1) is 27.7. The van der Waals surface area contributed by atoms with Gasteiger partial charge in [-0.25, -0.2) is 18.4 Å². The molecule has 1 aromatic carbocycles. The third-order valence-electron chi connectivity index (χ3n) is 8.55. The molecule has 0 unspecified atom stereocenters. The van der Waals surface area contributed by atoms with Crippen LogP contribution in [0.3, 0.4) is 0 Å². The van der Waals surface area contributed by atoms with Crippen LogP contribution in [0.15, 0.2) is 49.3 Å². The maximum Gasteiger partial charge on any atom is 0.245 e. The number of hydrogen-bond acceptors (Lipinski definition) is 8. The summed E-state index contributed by atoms with van der Waals surface area (Å²) in [6.45, 7) is 9.47. The maximum atomic E-state index is 13.2. The number of rotatable bonds is 7. The minimum absolute atomic E-state index is 0.0130. The lowest BCUT2D eigenvalue weighted by atomic mass is 9.99. The van der Waals surface area contributed by atoms with E-state index in [4.69, 9.17) is 4.74 Å². The molecule has 0 aliphatic carbocycles. The van der Waals surface area contributed by atoms with Gasteiger partial charge in [0.2, 0.25) is 15.9 Å². The molecule has 12 heteroatoms. The molecule has 5 heterocycles. The van der Waals surface area contributed by atoms with Gasteiger partial charge in [-0.15, -0.1) is 0 Å². The fraction of sp³-hybridized carbons (Fsp3) is 0.483. The molecule has 0 saturated carbocycles. The van der Waals surface area contributed by atoms with Gasteiger partial charge in [-0.2, -0.15) is 0 Å². The van der Waals surface area contributed by atoms with Crippen LogP contribution in [0.2, 0.25) is 0 Å². The van der Waals surface area contributed by atoms with Crippen LogP contribution in [0.25, 0.3) is 22.3 Å². The second kappa shape index (κ2) is 11.8. The number of fused-ring (bicyclic) bond motifs is 1. The van der Waals surface area contributed by atoms with Crippen LogP contribution in [0.5, 0.6) is 0 Å². The van der Waals surface area contributed by atoms with E-state index in [0.717, 1.165) is 80.2 Å². The van der Waals surface area contributed by atoms with Crippen LogP contribution < -0.4 is 9.62 Å². The first-order valence-corrected chi connectivity index (χ1v) is 15.9. The Balaban J connectivity index is 1.06. The summed E-state index contributed by atoms with van der Waals surface area (Å²) < 4.78 is 34.8. The lowest BCUT2D eigenvalue weighted by Gasteiger charge is -2.41. The number of anilines is 2. The van der Waals surface area contributed by atoms with Gasteiger partial charge in [0, 0.05) is 43.6 Å². The highest BCUT2D eigenvalue weighted by atomic mass is 32.2. The molecule has 0 spiro atoms. The zero-order valence-electron chi connectivity index (χ0n) is 23.2. The van der Waals surface area contributed by atoms with E-state index in [1.807, 2.05) is 23.1 Å². The maximum absolute atomic E-state index is 13.2. The van der Waals surface area contributed by atoms with Gasteiger partial charge in [0.25, 0.3) is 0 Å².